The topological polar surface area (TPSA) is 43.0 Å². The number of hydrogen-bond donors (Lipinski definition) is 0. The minimum Gasteiger partial charge on any atom is -0.266 e. The zero-order valence-electron chi connectivity index (χ0n) is 6.20. The molecule has 2 bridgehead atoms. The number of nitrogens with zero attached hydrogens (tertiary/aromatic N) is 2. The largest absolute Gasteiger partial charge is 0.360 e. The van der Waals surface area contributed by atoms with Gasteiger partial charge in [-0.05, 0) is 6.92 Å². The number of rotatable bonds is 0. The summed E-state index contributed by atoms with van der Waals surface area (Å²) in [5.74, 6) is 5.24. The van der Waals surface area contributed by atoms with Crippen LogP contribution in [0.2, 0.25) is 0 Å². The molecule has 60 valence electrons. The number of fused-ring (bicyclic) bond motifs is 2. The standard InChI is InChI=1S/C7H4N2O2S/c1-2-3-5-4-8-7(11)9(12-8)6(5)10/h4H,1H3. The highest BCUT2D eigenvalue weighted by Gasteiger charge is 2.10. The SMILES string of the molecule is CC#Cc1cn2sn(c1=O)c2=O. The molecule has 0 amide bonds. The summed E-state index contributed by atoms with van der Waals surface area (Å²) in [7, 11) is 0. The predicted octanol–water partition coefficient (Wildman–Crippen LogP) is -0.370. The van der Waals surface area contributed by atoms with Gasteiger partial charge in [0, 0.05) is 17.9 Å². The second-order valence-electron chi connectivity index (χ2n) is 2.21. The van der Waals surface area contributed by atoms with Gasteiger partial charge in [0.2, 0.25) is 0 Å². The quantitative estimate of drug-likeness (QED) is 0.519. The first-order valence-electron chi connectivity index (χ1n) is 3.24. The van der Waals surface area contributed by atoms with E-state index in [0.29, 0.717) is 5.56 Å². The predicted molar refractivity (Wildman–Crippen MR) is 45.0 cm³/mol. The average Bonchev–Trinajstić information content (AvgIpc) is 2.07. The van der Waals surface area contributed by atoms with Gasteiger partial charge in [0.15, 0.2) is 0 Å². The molecule has 0 aromatic carbocycles. The van der Waals surface area contributed by atoms with Gasteiger partial charge in [-0.25, -0.2) is 8.58 Å². The van der Waals surface area contributed by atoms with Crippen molar-refractivity contribution in [1.82, 2.24) is 7.58 Å². The highest BCUT2D eigenvalue weighted by Crippen LogP contribution is 1.94. The third kappa shape index (κ3) is 0.726. The van der Waals surface area contributed by atoms with Crippen molar-refractivity contribution in [1.29, 1.82) is 0 Å². The van der Waals surface area contributed by atoms with Crippen LogP contribution in [-0.2, 0) is 0 Å². The van der Waals surface area contributed by atoms with Gasteiger partial charge in [0.25, 0.3) is 5.56 Å². The molecule has 12 heavy (non-hydrogen) atoms. The Kier molecular flexibility index (Phi) is 1.32. The van der Waals surface area contributed by atoms with E-state index in [1.165, 1.54) is 9.99 Å². The van der Waals surface area contributed by atoms with Crippen LogP contribution in [-0.4, -0.2) is 7.58 Å². The molecule has 0 saturated carbocycles. The van der Waals surface area contributed by atoms with E-state index in [2.05, 4.69) is 11.8 Å². The van der Waals surface area contributed by atoms with Crippen LogP contribution in [0.15, 0.2) is 15.8 Å². The Labute approximate surface area is 71.3 Å². The molecule has 3 heterocycles. The fraction of sp³-hybridized carbons (Fsp3) is 0.143. The molecule has 0 saturated heterocycles. The molecule has 0 fully saturated rings. The number of aromatic nitrogens is 2. The molecule has 0 aliphatic carbocycles. The minimum absolute atomic E-state index is 0.286. The lowest BCUT2D eigenvalue weighted by Gasteiger charge is -2.02. The summed E-state index contributed by atoms with van der Waals surface area (Å²) >= 11 is 1.08. The first kappa shape index (κ1) is 7.13. The van der Waals surface area contributed by atoms with Gasteiger partial charge in [-0.3, -0.25) is 4.79 Å². The van der Waals surface area contributed by atoms with E-state index in [1.54, 1.807) is 6.92 Å². The molecule has 0 spiro atoms. The summed E-state index contributed by atoms with van der Waals surface area (Å²) in [5, 5.41) is 0. The molecule has 4 nitrogen and oxygen atoms in total. The first-order valence-corrected chi connectivity index (χ1v) is 3.97. The highest BCUT2D eigenvalue weighted by atomic mass is 32.1. The van der Waals surface area contributed by atoms with Crippen molar-refractivity contribution >= 4 is 11.7 Å². The summed E-state index contributed by atoms with van der Waals surface area (Å²) in [6, 6.07) is 0. The summed E-state index contributed by atoms with van der Waals surface area (Å²) in [6.07, 6.45) is 1.46. The molecule has 0 aliphatic rings. The fourth-order valence-electron chi connectivity index (χ4n) is 0.920. The maximum Gasteiger partial charge on any atom is 0.360 e. The Morgan fingerprint density at radius 1 is 1.50 bits per heavy atom. The van der Waals surface area contributed by atoms with Crippen molar-refractivity contribution in [3.8, 4) is 11.8 Å². The van der Waals surface area contributed by atoms with Crippen molar-refractivity contribution in [2.45, 2.75) is 6.92 Å². The van der Waals surface area contributed by atoms with Gasteiger partial charge in [0.1, 0.15) is 5.56 Å². The van der Waals surface area contributed by atoms with Gasteiger partial charge in [-0.1, -0.05) is 5.92 Å². The van der Waals surface area contributed by atoms with Gasteiger partial charge < -0.3 is 0 Å². The van der Waals surface area contributed by atoms with Crippen molar-refractivity contribution in [2.24, 2.45) is 0 Å². The third-order valence-corrected chi connectivity index (χ3v) is 2.38. The summed E-state index contributed by atoms with van der Waals surface area (Å²) in [4.78, 5) is 22.2. The average molecular weight is 180 g/mol. The van der Waals surface area contributed by atoms with Gasteiger partial charge in [-0.15, -0.1) is 5.92 Å². The van der Waals surface area contributed by atoms with Crippen LogP contribution in [0.3, 0.4) is 0 Å². The molecule has 0 aliphatic heterocycles. The molecular formula is C7H4N2O2S. The van der Waals surface area contributed by atoms with Crippen LogP contribution < -0.4 is 11.2 Å². The Hall–Kier alpha value is -1.54. The molecule has 3 rings (SSSR count). The molecule has 0 radical (unpaired) electrons. The van der Waals surface area contributed by atoms with Crippen LogP contribution in [0.25, 0.3) is 0 Å². The van der Waals surface area contributed by atoms with E-state index in [4.69, 9.17) is 0 Å². The molecule has 0 atom stereocenters. The third-order valence-electron chi connectivity index (χ3n) is 1.45. The lowest BCUT2D eigenvalue weighted by Crippen LogP contribution is -2.37. The first-order chi connectivity index (χ1) is 5.74. The maximum absolute atomic E-state index is 11.3. The number of hydrogen-bond acceptors (Lipinski definition) is 3. The second-order valence-corrected chi connectivity index (χ2v) is 3.13. The Balaban J connectivity index is 2.88. The monoisotopic (exact) mass is 180 g/mol. The van der Waals surface area contributed by atoms with Crippen LogP contribution in [0, 0.1) is 11.8 Å². The van der Waals surface area contributed by atoms with Gasteiger partial charge in [-0.2, -0.15) is 3.79 Å². The fourth-order valence-corrected chi connectivity index (χ4v) is 1.62. The van der Waals surface area contributed by atoms with E-state index >= 15 is 0 Å². The Bertz CT molecular complexity index is 578. The molecule has 3 aromatic heterocycles. The zero-order valence-corrected chi connectivity index (χ0v) is 7.01. The van der Waals surface area contributed by atoms with Crippen LogP contribution >= 0.6 is 11.7 Å². The van der Waals surface area contributed by atoms with E-state index in [1.807, 2.05) is 0 Å². The summed E-state index contributed by atoms with van der Waals surface area (Å²) < 4.78 is 2.46. The van der Waals surface area contributed by atoms with Gasteiger partial charge in [0.05, 0.1) is 0 Å². The van der Waals surface area contributed by atoms with Crippen LogP contribution in [0.5, 0.6) is 0 Å². The van der Waals surface area contributed by atoms with Gasteiger partial charge >= 0.3 is 5.69 Å². The molecule has 0 N–H and O–H groups in total. The Morgan fingerprint density at radius 3 is 2.75 bits per heavy atom. The van der Waals surface area contributed by atoms with Crippen LogP contribution in [0.1, 0.15) is 12.5 Å². The van der Waals surface area contributed by atoms with Crippen molar-refractivity contribution in [3.63, 3.8) is 0 Å². The van der Waals surface area contributed by atoms with Crippen LogP contribution in [0.4, 0.5) is 0 Å². The molecule has 5 heteroatoms. The van der Waals surface area contributed by atoms with E-state index < -0.39 is 0 Å². The van der Waals surface area contributed by atoms with Crippen molar-refractivity contribution in [2.75, 3.05) is 0 Å². The van der Waals surface area contributed by atoms with E-state index in [-0.39, 0.29) is 11.2 Å². The minimum atomic E-state index is -0.318. The zero-order chi connectivity index (χ0) is 8.72. The maximum atomic E-state index is 11.3. The molecular weight excluding hydrogens is 176 g/mol. The van der Waals surface area contributed by atoms with Crippen molar-refractivity contribution < 1.29 is 0 Å². The second kappa shape index (κ2) is 2.22. The lowest BCUT2D eigenvalue weighted by atomic mass is 10.3. The Morgan fingerprint density at radius 2 is 2.25 bits per heavy atom. The summed E-state index contributed by atoms with van der Waals surface area (Å²) in [5.41, 5.74) is -0.232. The molecule has 0 unspecified atom stereocenters. The molecule has 3 aromatic rings. The normalized spacial score (nSPS) is 10.1. The summed E-state index contributed by atoms with van der Waals surface area (Å²) in [6.45, 7) is 1.65. The van der Waals surface area contributed by atoms with Crippen molar-refractivity contribution in [3.05, 3.63) is 32.6 Å². The highest BCUT2D eigenvalue weighted by molar-refractivity contribution is 7.01. The smallest absolute Gasteiger partial charge is 0.266 e. The lowest BCUT2D eigenvalue weighted by molar-refractivity contribution is 0.899. The van der Waals surface area contributed by atoms with E-state index in [9.17, 15) is 9.59 Å². The van der Waals surface area contributed by atoms with E-state index in [0.717, 1.165) is 15.5 Å².